The van der Waals surface area contributed by atoms with Crippen LogP contribution in [0.2, 0.25) is 0 Å². The van der Waals surface area contributed by atoms with E-state index >= 15 is 0 Å². The first-order chi connectivity index (χ1) is 12.2. The van der Waals surface area contributed by atoms with Crippen LogP contribution in [0.4, 0.5) is 0 Å². The van der Waals surface area contributed by atoms with Crippen LogP contribution in [-0.4, -0.2) is 37.3 Å². The molecule has 0 saturated heterocycles. The van der Waals surface area contributed by atoms with Gasteiger partial charge in [-0.2, -0.15) is 0 Å². The first-order valence-electron chi connectivity index (χ1n) is 7.64. The fourth-order valence-corrected chi connectivity index (χ4v) is 2.67. The summed E-state index contributed by atoms with van der Waals surface area (Å²) in [5, 5.41) is 0.704. The van der Waals surface area contributed by atoms with Crippen LogP contribution in [0.1, 0.15) is 10.5 Å². The zero-order valence-corrected chi connectivity index (χ0v) is 13.9. The molecule has 0 atom stereocenters. The monoisotopic (exact) mass is 339 g/mol. The molecule has 128 valence electrons. The van der Waals surface area contributed by atoms with Gasteiger partial charge in [0, 0.05) is 11.1 Å². The van der Waals surface area contributed by atoms with Gasteiger partial charge in [0.05, 0.1) is 19.7 Å². The van der Waals surface area contributed by atoms with E-state index in [-0.39, 0.29) is 18.1 Å². The second-order valence-corrected chi connectivity index (χ2v) is 5.22. The van der Waals surface area contributed by atoms with E-state index in [0.717, 1.165) is 11.2 Å². The predicted octanol–water partition coefficient (Wildman–Crippen LogP) is 2.97. The minimum absolute atomic E-state index is 0.221. The number of carbonyl (C=O) groups excluding carboxylic acids is 2. The molecule has 0 radical (unpaired) electrons. The zero-order valence-electron chi connectivity index (χ0n) is 13.9. The summed E-state index contributed by atoms with van der Waals surface area (Å²) in [7, 11) is 2.58. The van der Waals surface area contributed by atoms with E-state index in [1.807, 2.05) is 54.6 Å². The first-order valence-corrected chi connectivity index (χ1v) is 7.64. The van der Waals surface area contributed by atoms with Crippen molar-refractivity contribution in [3.05, 3.63) is 60.3 Å². The predicted molar refractivity (Wildman–Crippen MR) is 92.1 cm³/mol. The average Bonchev–Trinajstić information content (AvgIpc) is 3.00. The molecule has 0 fully saturated rings. The number of benzene rings is 2. The number of hydrogen-bond donors (Lipinski definition) is 0. The Labute approximate surface area is 144 Å². The Morgan fingerprint density at radius 3 is 2.28 bits per heavy atom. The van der Waals surface area contributed by atoms with Gasteiger partial charge in [-0.1, -0.05) is 30.3 Å². The molecule has 25 heavy (non-hydrogen) atoms. The van der Waals surface area contributed by atoms with Gasteiger partial charge in [0.25, 0.3) is 0 Å². The molecule has 0 aliphatic carbocycles. The molecule has 0 N–H and O–H groups in total. The van der Waals surface area contributed by atoms with E-state index < -0.39 is 11.9 Å². The van der Waals surface area contributed by atoms with Crippen molar-refractivity contribution in [3.8, 4) is 11.4 Å². The highest BCUT2D eigenvalue weighted by Gasteiger charge is 2.26. The van der Waals surface area contributed by atoms with Crippen molar-refractivity contribution >= 4 is 22.8 Å². The smallest absolute Gasteiger partial charge is 0.358 e. The third kappa shape index (κ3) is 3.06. The van der Waals surface area contributed by atoms with Crippen LogP contribution in [-0.2, 0) is 14.3 Å². The van der Waals surface area contributed by atoms with Gasteiger partial charge in [0.15, 0.2) is 18.1 Å². The standard InChI is InChI=1S/C19H17NO5/c1-23-16(21)12-25-18-14-10-6-7-11-15(14)20(17(18)19(22)24-2)13-8-4-3-5-9-13/h3-11H,12H2,1-2H3. The summed E-state index contributed by atoms with van der Waals surface area (Å²) in [6, 6.07) is 16.8. The molecule has 0 spiro atoms. The number of hydrogen-bond acceptors (Lipinski definition) is 5. The molecule has 0 bridgehead atoms. The second-order valence-electron chi connectivity index (χ2n) is 5.22. The Kier molecular flexibility index (Phi) is 4.70. The number of carbonyl (C=O) groups is 2. The molecular formula is C19H17NO5. The minimum atomic E-state index is -0.556. The highest BCUT2D eigenvalue weighted by Crippen LogP contribution is 2.36. The van der Waals surface area contributed by atoms with Crippen molar-refractivity contribution in [1.29, 1.82) is 0 Å². The number of ether oxygens (including phenoxy) is 3. The summed E-state index contributed by atoms with van der Waals surface area (Å²) < 4.78 is 17.0. The van der Waals surface area contributed by atoms with Gasteiger partial charge >= 0.3 is 11.9 Å². The van der Waals surface area contributed by atoms with Crippen LogP contribution in [0.5, 0.6) is 5.75 Å². The minimum Gasteiger partial charge on any atom is -0.479 e. The van der Waals surface area contributed by atoms with Crippen molar-refractivity contribution in [1.82, 2.24) is 4.57 Å². The average molecular weight is 339 g/mol. The maximum absolute atomic E-state index is 12.5. The zero-order chi connectivity index (χ0) is 17.8. The van der Waals surface area contributed by atoms with Crippen molar-refractivity contribution in [2.24, 2.45) is 0 Å². The molecule has 3 rings (SSSR count). The van der Waals surface area contributed by atoms with E-state index in [1.54, 1.807) is 4.57 Å². The van der Waals surface area contributed by atoms with Gasteiger partial charge < -0.3 is 18.8 Å². The Balaban J connectivity index is 2.26. The Morgan fingerprint density at radius 1 is 0.920 bits per heavy atom. The first kappa shape index (κ1) is 16.6. The highest BCUT2D eigenvalue weighted by molar-refractivity contribution is 6.03. The van der Waals surface area contributed by atoms with Crippen LogP contribution in [0.3, 0.4) is 0 Å². The number of rotatable bonds is 5. The number of nitrogens with zero attached hydrogens (tertiary/aromatic N) is 1. The van der Waals surface area contributed by atoms with E-state index in [4.69, 9.17) is 9.47 Å². The lowest BCUT2D eigenvalue weighted by Gasteiger charge is -2.10. The lowest BCUT2D eigenvalue weighted by molar-refractivity contribution is -0.142. The van der Waals surface area contributed by atoms with Gasteiger partial charge in [-0.05, 0) is 24.3 Å². The number of esters is 2. The van der Waals surface area contributed by atoms with Crippen LogP contribution < -0.4 is 4.74 Å². The van der Waals surface area contributed by atoms with Gasteiger partial charge in [0.2, 0.25) is 0 Å². The molecule has 0 saturated carbocycles. The van der Waals surface area contributed by atoms with Gasteiger partial charge in [0.1, 0.15) is 0 Å². The highest BCUT2D eigenvalue weighted by atomic mass is 16.6. The molecule has 3 aromatic rings. The molecule has 0 aliphatic rings. The fraction of sp³-hybridized carbons (Fsp3) is 0.158. The fourth-order valence-electron chi connectivity index (χ4n) is 2.67. The summed E-state index contributed by atoms with van der Waals surface area (Å²) in [6.07, 6.45) is 0. The van der Waals surface area contributed by atoms with Gasteiger partial charge in [-0.3, -0.25) is 0 Å². The van der Waals surface area contributed by atoms with E-state index in [9.17, 15) is 9.59 Å². The van der Waals surface area contributed by atoms with Crippen LogP contribution in [0.25, 0.3) is 16.6 Å². The topological polar surface area (TPSA) is 66.8 Å². The quantitative estimate of drug-likeness (QED) is 0.669. The van der Waals surface area contributed by atoms with E-state index in [0.29, 0.717) is 5.39 Å². The molecule has 1 heterocycles. The molecule has 6 heteroatoms. The maximum Gasteiger partial charge on any atom is 0.358 e. The second kappa shape index (κ2) is 7.09. The van der Waals surface area contributed by atoms with Crippen molar-refractivity contribution < 1.29 is 23.8 Å². The SMILES string of the molecule is COC(=O)COc1c(C(=O)OC)n(-c2ccccc2)c2ccccc12. The third-order valence-corrected chi connectivity index (χ3v) is 3.78. The summed E-state index contributed by atoms with van der Waals surface area (Å²) in [5.74, 6) is -0.802. The lowest BCUT2D eigenvalue weighted by atomic mass is 10.2. The molecule has 1 aromatic heterocycles. The summed E-state index contributed by atoms with van der Waals surface area (Å²) in [6.45, 7) is -0.302. The van der Waals surface area contributed by atoms with Crippen LogP contribution >= 0.6 is 0 Å². The number of fused-ring (bicyclic) bond motifs is 1. The van der Waals surface area contributed by atoms with E-state index in [1.165, 1.54) is 14.2 Å². The molecule has 0 aliphatic heterocycles. The number of methoxy groups -OCH3 is 2. The van der Waals surface area contributed by atoms with Crippen molar-refractivity contribution in [2.75, 3.05) is 20.8 Å². The van der Waals surface area contributed by atoms with Crippen LogP contribution in [0, 0.1) is 0 Å². The Morgan fingerprint density at radius 2 is 1.60 bits per heavy atom. The van der Waals surface area contributed by atoms with Crippen molar-refractivity contribution in [3.63, 3.8) is 0 Å². The van der Waals surface area contributed by atoms with Gasteiger partial charge in [-0.25, -0.2) is 9.59 Å². The summed E-state index contributed by atoms with van der Waals surface area (Å²) in [5.41, 5.74) is 1.78. The largest absolute Gasteiger partial charge is 0.479 e. The van der Waals surface area contributed by atoms with Crippen molar-refractivity contribution in [2.45, 2.75) is 0 Å². The normalized spacial score (nSPS) is 10.5. The molecule has 6 nitrogen and oxygen atoms in total. The van der Waals surface area contributed by atoms with Gasteiger partial charge in [-0.15, -0.1) is 0 Å². The molecule has 0 amide bonds. The third-order valence-electron chi connectivity index (χ3n) is 3.78. The number of aromatic nitrogens is 1. The summed E-state index contributed by atoms with van der Waals surface area (Å²) >= 11 is 0. The molecule has 0 unspecified atom stereocenters. The van der Waals surface area contributed by atoms with E-state index in [2.05, 4.69) is 4.74 Å². The maximum atomic E-state index is 12.5. The summed E-state index contributed by atoms with van der Waals surface area (Å²) in [4.78, 5) is 24.0. The molecule has 2 aromatic carbocycles. The Bertz CT molecular complexity index is 914. The molecular weight excluding hydrogens is 322 g/mol. The Hall–Kier alpha value is -3.28. The van der Waals surface area contributed by atoms with Crippen LogP contribution in [0.15, 0.2) is 54.6 Å². The number of para-hydroxylation sites is 2. The lowest BCUT2D eigenvalue weighted by Crippen LogP contribution is -2.15.